The Kier molecular flexibility index (Phi) is 4.29. The van der Waals surface area contributed by atoms with Crippen molar-refractivity contribution in [2.45, 2.75) is 31.7 Å². The van der Waals surface area contributed by atoms with Crippen LogP contribution in [0.1, 0.15) is 37.3 Å². The Labute approximate surface area is 125 Å². The number of halogens is 2. The fraction of sp³-hybridized carbons (Fsp3) is 0.625. The average Bonchev–Trinajstić information content (AvgIpc) is 3.29. The van der Waals surface area contributed by atoms with Gasteiger partial charge in [0.15, 0.2) is 0 Å². The highest BCUT2D eigenvalue weighted by atomic mass is 35.5. The van der Waals surface area contributed by atoms with E-state index in [0.29, 0.717) is 17.1 Å². The minimum absolute atomic E-state index is 0.0927. The number of hydrogen-bond acceptors (Lipinski definition) is 2. The molecule has 2 nitrogen and oxygen atoms in total. The first-order chi connectivity index (χ1) is 9.69. The molecule has 0 amide bonds. The molecule has 0 saturated heterocycles. The van der Waals surface area contributed by atoms with Crippen LogP contribution in [0.2, 0.25) is 5.02 Å². The minimum atomic E-state index is -0.232. The summed E-state index contributed by atoms with van der Waals surface area (Å²) < 4.78 is 14.2. The van der Waals surface area contributed by atoms with Crippen molar-refractivity contribution in [3.63, 3.8) is 0 Å². The molecule has 0 heterocycles. The van der Waals surface area contributed by atoms with E-state index < -0.39 is 0 Å². The van der Waals surface area contributed by atoms with Crippen molar-refractivity contribution in [1.29, 1.82) is 0 Å². The lowest BCUT2D eigenvalue weighted by Crippen LogP contribution is -2.37. The van der Waals surface area contributed by atoms with E-state index in [4.69, 9.17) is 17.3 Å². The lowest BCUT2D eigenvalue weighted by Gasteiger charge is -2.32. The number of nitrogens with two attached hydrogens (primary N) is 1. The molecule has 2 saturated carbocycles. The minimum Gasteiger partial charge on any atom is -0.329 e. The highest BCUT2D eigenvalue weighted by molar-refractivity contribution is 6.31. The highest BCUT2D eigenvalue weighted by Crippen LogP contribution is 2.38. The lowest BCUT2D eigenvalue weighted by atomic mass is 10.0. The molecule has 1 unspecified atom stereocenters. The molecule has 1 aromatic rings. The number of nitrogens with zero attached hydrogens (tertiary/aromatic N) is 1. The summed E-state index contributed by atoms with van der Waals surface area (Å²) in [7, 11) is 0. The molecular formula is C16H22ClFN2. The fourth-order valence-electron chi connectivity index (χ4n) is 2.87. The van der Waals surface area contributed by atoms with Gasteiger partial charge in [-0.3, -0.25) is 4.90 Å². The maximum atomic E-state index is 14.2. The van der Waals surface area contributed by atoms with E-state index in [2.05, 4.69) is 4.90 Å². The fourth-order valence-corrected chi connectivity index (χ4v) is 3.16. The first-order valence-corrected chi connectivity index (χ1v) is 7.95. The zero-order valence-corrected chi connectivity index (χ0v) is 12.5. The van der Waals surface area contributed by atoms with Gasteiger partial charge >= 0.3 is 0 Å². The maximum Gasteiger partial charge on any atom is 0.129 e. The van der Waals surface area contributed by atoms with E-state index in [9.17, 15) is 4.39 Å². The second-order valence-electron chi connectivity index (χ2n) is 6.23. The Balaban J connectivity index is 1.83. The Morgan fingerprint density at radius 3 is 2.25 bits per heavy atom. The molecule has 4 heteroatoms. The molecule has 0 bridgehead atoms. The third-order valence-electron chi connectivity index (χ3n) is 4.38. The SMILES string of the molecule is NCC(c1c(F)cccc1Cl)N(CC1CC1)CC1CC1. The van der Waals surface area contributed by atoms with Crippen LogP contribution in [0.15, 0.2) is 18.2 Å². The Morgan fingerprint density at radius 1 is 1.20 bits per heavy atom. The average molecular weight is 297 g/mol. The predicted octanol–water partition coefficient (Wildman–Crippen LogP) is 3.60. The van der Waals surface area contributed by atoms with Crippen LogP contribution in [-0.4, -0.2) is 24.5 Å². The summed E-state index contributed by atoms with van der Waals surface area (Å²) in [4.78, 5) is 2.37. The Morgan fingerprint density at radius 2 is 1.80 bits per heavy atom. The van der Waals surface area contributed by atoms with Gasteiger partial charge in [-0.2, -0.15) is 0 Å². The molecule has 1 atom stereocenters. The molecule has 0 aliphatic heterocycles. The van der Waals surface area contributed by atoms with Crippen molar-refractivity contribution in [3.8, 4) is 0 Å². The number of hydrogen-bond donors (Lipinski definition) is 1. The van der Waals surface area contributed by atoms with Crippen molar-refractivity contribution in [3.05, 3.63) is 34.6 Å². The third kappa shape index (κ3) is 3.33. The van der Waals surface area contributed by atoms with E-state index in [1.54, 1.807) is 12.1 Å². The summed E-state index contributed by atoms with van der Waals surface area (Å²) in [5.41, 5.74) is 6.55. The van der Waals surface area contributed by atoms with Crippen molar-refractivity contribution in [2.24, 2.45) is 17.6 Å². The zero-order chi connectivity index (χ0) is 14.1. The Bertz CT molecular complexity index is 437. The van der Waals surface area contributed by atoms with Crippen molar-refractivity contribution in [2.75, 3.05) is 19.6 Å². The molecule has 20 heavy (non-hydrogen) atoms. The lowest BCUT2D eigenvalue weighted by molar-refractivity contribution is 0.181. The monoisotopic (exact) mass is 296 g/mol. The molecule has 0 spiro atoms. The smallest absolute Gasteiger partial charge is 0.129 e. The van der Waals surface area contributed by atoms with E-state index in [-0.39, 0.29) is 11.9 Å². The highest BCUT2D eigenvalue weighted by Gasteiger charge is 2.34. The van der Waals surface area contributed by atoms with Gasteiger partial charge in [0.25, 0.3) is 0 Å². The summed E-state index contributed by atoms with van der Waals surface area (Å²) in [6.45, 7) is 2.48. The van der Waals surface area contributed by atoms with Crippen LogP contribution >= 0.6 is 11.6 Å². The van der Waals surface area contributed by atoms with E-state index >= 15 is 0 Å². The summed E-state index contributed by atoms with van der Waals surface area (Å²) in [5.74, 6) is 1.31. The topological polar surface area (TPSA) is 29.3 Å². The third-order valence-corrected chi connectivity index (χ3v) is 4.71. The van der Waals surface area contributed by atoms with Gasteiger partial charge in [0.2, 0.25) is 0 Å². The molecule has 2 N–H and O–H groups in total. The normalized spacial score (nSPS) is 20.4. The molecule has 0 aromatic heterocycles. The molecule has 0 radical (unpaired) electrons. The van der Waals surface area contributed by atoms with Crippen LogP contribution in [-0.2, 0) is 0 Å². The quantitative estimate of drug-likeness (QED) is 0.833. The zero-order valence-electron chi connectivity index (χ0n) is 11.7. The molecular weight excluding hydrogens is 275 g/mol. The standard InChI is InChI=1S/C16H22ClFN2/c17-13-2-1-3-14(18)16(13)15(8-19)20(9-11-4-5-11)10-12-6-7-12/h1-3,11-12,15H,4-10,19H2. The molecule has 2 aliphatic carbocycles. The summed E-state index contributed by atoms with van der Waals surface area (Å²) >= 11 is 6.23. The van der Waals surface area contributed by atoms with Gasteiger partial charge in [0.1, 0.15) is 5.82 Å². The van der Waals surface area contributed by atoms with Crippen LogP contribution in [0.3, 0.4) is 0 Å². The van der Waals surface area contributed by atoms with Gasteiger partial charge in [-0.25, -0.2) is 4.39 Å². The predicted molar refractivity (Wildman–Crippen MR) is 80.2 cm³/mol. The largest absolute Gasteiger partial charge is 0.329 e. The maximum absolute atomic E-state index is 14.2. The molecule has 2 fully saturated rings. The van der Waals surface area contributed by atoms with Crippen molar-refractivity contribution < 1.29 is 4.39 Å². The number of benzene rings is 1. The molecule has 110 valence electrons. The molecule has 1 aromatic carbocycles. The molecule has 2 aliphatic rings. The van der Waals surface area contributed by atoms with Gasteiger partial charge in [-0.05, 0) is 49.7 Å². The summed E-state index contributed by atoms with van der Waals surface area (Å²) in [5, 5.41) is 0.497. The summed E-state index contributed by atoms with van der Waals surface area (Å²) in [6.07, 6.45) is 5.18. The van der Waals surface area contributed by atoms with Gasteiger partial charge < -0.3 is 5.73 Å². The second kappa shape index (κ2) is 6.00. The van der Waals surface area contributed by atoms with E-state index in [1.807, 2.05) is 0 Å². The van der Waals surface area contributed by atoms with E-state index in [1.165, 1.54) is 31.7 Å². The van der Waals surface area contributed by atoms with Crippen LogP contribution in [0.25, 0.3) is 0 Å². The van der Waals surface area contributed by atoms with Crippen LogP contribution < -0.4 is 5.73 Å². The van der Waals surface area contributed by atoms with Gasteiger partial charge in [0.05, 0.1) is 6.04 Å². The van der Waals surface area contributed by atoms with Crippen LogP contribution in [0.5, 0.6) is 0 Å². The first-order valence-electron chi connectivity index (χ1n) is 7.57. The van der Waals surface area contributed by atoms with Gasteiger partial charge in [-0.1, -0.05) is 17.7 Å². The van der Waals surface area contributed by atoms with Crippen molar-refractivity contribution in [1.82, 2.24) is 4.90 Å². The number of rotatable bonds is 7. The van der Waals surface area contributed by atoms with E-state index in [0.717, 1.165) is 24.9 Å². The second-order valence-corrected chi connectivity index (χ2v) is 6.63. The summed E-state index contributed by atoms with van der Waals surface area (Å²) in [6, 6.07) is 4.80. The van der Waals surface area contributed by atoms with Gasteiger partial charge in [0, 0.05) is 30.2 Å². The van der Waals surface area contributed by atoms with Crippen LogP contribution in [0, 0.1) is 17.7 Å². The Hall–Kier alpha value is -0.640. The van der Waals surface area contributed by atoms with Crippen LogP contribution in [0.4, 0.5) is 4.39 Å². The van der Waals surface area contributed by atoms with Gasteiger partial charge in [-0.15, -0.1) is 0 Å². The molecule has 3 rings (SSSR count). The first kappa shape index (κ1) is 14.3. The van der Waals surface area contributed by atoms with Crippen molar-refractivity contribution >= 4 is 11.6 Å².